The predicted octanol–water partition coefficient (Wildman–Crippen LogP) is 1.12. The zero-order chi connectivity index (χ0) is 11.8. The van der Waals surface area contributed by atoms with Crippen LogP contribution in [0.2, 0.25) is 0 Å². The van der Waals surface area contributed by atoms with Crippen LogP contribution in [0, 0.1) is 11.3 Å². The average molecular weight is 221 g/mol. The van der Waals surface area contributed by atoms with Crippen LogP contribution in [0.3, 0.4) is 0 Å². The highest BCUT2D eigenvalue weighted by Gasteiger charge is 2.39. The van der Waals surface area contributed by atoms with Crippen molar-refractivity contribution in [3.63, 3.8) is 0 Å². The molecule has 0 aliphatic carbocycles. The van der Waals surface area contributed by atoms with Gasteiger partial charge in [-0.15, -0.1) is 0 Å². The Morgan fingerprint density at radius 1 is 1.62 bits per heavy atom. The molecule has 2 heterocycles. The van der Waals surface area contributed by atoms with Crippen molar-refractivity contribution in [2.24, 2.45) is 11.3 Å². The topological polar surface area (TPSA) is 62.4 Å². The lowest BCUT2D eigenvalue weighted by Gasteiger charge is -2.23. The summed E-state index contributed by atoms with van der Waals surface area (Å²) in [5.41, 5.74) is 6.72. The van der Waals surface area contributed by atoms with Gasteiger partial charge in [-0.3, -0.25) is 0 Å². The molecule has 0 spiro atoms. The number of aliphatic hydroxyl groups is 1. The molecule has 0 amide bonds. The third-order valence-corrected chi connectivity index (χ3v) is 3.48. The molecule has 1 aromatic rings. The number of aromatic nitrogens is 1. The second-order valence-corrected chi connectivity index (χ2v) is 5.16. The Kier molecular flexibility index (Phi) is 2.76. The number of hydrogen-bond donors (Lipinski definition) is 2. The summed E-state index contributed by atoms with van der Waals surface area (Å²) in [7, 11) is 0. The lowest BCUT2D eigenvalue weighted by molar-refractivity contribution is 0.161. The van der Waals surface area contributed by atoms with Crippen molar-refractivity contribution < 1.29 is 5.11 Å². The molecule has 1 aliphatic rings. The summed E-state index contributed by atoms with van der Waals surface area (Å²) in [4.78, 5) is 6.48. The molecule has 0 unspecified atom stereocenters. The average Bonchev–Trinajstić information content (AvgIpc) is 2.54. The molecule has 1 aliphatic heterocycles. The van der Waals surface area contributed by atoms with Crippen LogP contribution >= 0.6 is 0 Å². The molecular weight excluding hydrogens is 202 g/mol. The van der Waals surface area contributed by atoms with Crippen molar-refractivity contribution in [2.45, 2.75) is 13.8 Å². The standard InChI is InChI=1S/C12H19N3O/c1-12(2)8-15(6-9(12)7-16)11-10(13)4-3-5-14-11/h3-5,9,16H,6-8,13H2,1-2H3/t9-/m1/s1. The van der Waals surface area contributed by atoms with E-state index in [0.29, 0.717) is 5.69 Å². The molecule has 4 heteroatoms. The molecule has 3 N–H and O–H groups in total. The van der Waals surface area contributed by atoms with Gasteiger partial charge in [-0.2, -0.15) is 0 Å². The van der Waals surface area contributed by atoms with Crippen molar-refractivity contribution in [3.05, 3.63) is 18.3 Å². The fraction of sp³-hybridized carbons (Fsp3) is 0.583. The summed E-state index contributed by atoms with van der Waals surface area (Å²) in [6.45, 7) is 6.28. The first kappa shape index (κ1) is 11.2. The normalized spacial score (nSPS) is 23.7. The predicted molar refractivity (Wildman–Crippen MR) is 65.2 cm³/mol. The number of pyridine rings is 1. The van der Waals surface area contributed by atoms with Crippen LogP contribution in [0.25, 0.3) is 0 Å². The van der Waals surface area contributed by atoms with E-state index < -0.39 is 0 Å². The number of nitrogen functional groups attached to an aromatic ring is 1. The van der Waals surface area contributed by atoms with Gasteiger partial charge < -0.3 is 15.7 Å². The van der Waals surface area contributed by atoms with Gasteiger partial charge in [0.25, 0.3) is 0 Å². The van der Waals surface area contributed by atoms with Crippen LogP contribution in [0.15, 0.2) is 18.3 Å². The van der Waals surface area contributed by atoms with E-state index >= 15 is 0 Å². The molecule has 0 bridgehead atoms. The minimum absolute atomic E-state index is 0.110. The number of nitrogens with two attached hydrogens (primary N) is 1. The van der Waals surface area contributed by atoms with Crippen LogP contribution in [-0.4, -0.2) is 29.8 Å². The number of hydrogen-bond acceptors (Lipinski definition) is 4. The lowest BCUT2D eigenvalue weighted by atomic mass is 9.83. The Labute approximate surface area is 96.1 Å². The maximum Gasteiger partial charge on any atom is 0.151 e. The van der Waals surface area contributed by atoms with Gasteiger partial charge in [0.1, 0.15) is 0 Å². The smallest absolute Gasteiger partial charge is 0.151 e. The highest BCUT2D eigenvalue weighted by molar-refractivity contribution is 5.62. The second kappa shape index (κ2) is 3.94. The van der Waals surface area contributed by atoms with Gasteiger partial charge in [0.15, 0.2) is 5.82 Å². The van der Waals surface area contributed by atoms with Crippen LogP contribution in [-0.2, 0) is 0 Å². The van der Waals surface area contributed by atoms with Crippen LogP contribution in [0.5, 0.6) is 0 Å². The Morgan fingerprint density at radius 2 is 2.38 bits per heavy atom. The van der Waals surface area contributed by atoms with Gasteiger partial charge >= 0.3 is 0 Å². The Morgan fingerprint density at radius 3 is 2.94 bits per heavy atom. The van der Waals surface area contributed by atoms with E-state index in [2.05, 4.69) is 23.7 Å². The van der Waals surface area contributed by atoms with E-state index in [1.807, 2.05) is 12.1 Å². The lowest BCUT2D eigenvalue weighted by Crippen LogP contribution is -2.25. The molecule has 1 atom stereocenters. The molecule has 0 saturated carbocycles. The first-order valence-electron chi connectivity index (χ1n) is 5.61. The Bertz CT molecular complexity index is 378. The monoisotopic (exact) mass is 221 g/mol. The Hall–Kier alpha value is -1.29. The van der Waals surface area contributed by atoms with E-state index in [4.69, 9.17) is 5.73 Å². The van der Waals surface area contributed by atoms with Crippen molar-refractivity contribution in [1.82, 2.24) is 4.98 Å². The summed E-state index contributed by atoms with van der Waals surface area (Å²) in [6, 6.07) is 3.70. The molecule has 1 saturated heterocycles. The largest absolute Gasteiger partial charge is 0.396 e. The van der Waals surface area contributed by atoms with Gasteiger partial charge in [-0.1, -0.05) is 13.8 Å². The molecule has 16 heavy (non-hydrogen) atoms. The molecule has 88 valence electrons. The zero-order valence-electron chi connectivity index (χ0n) is 9.85. The summed E-state index contributed by atoms with van der Waals surface area (Å²) < 4.78 is 0. The highest BCUT2D eigenvalue weighted by Crippen LogP contribution is 2.37. The SMILES string of the molecule is CC1(C)CN(c2ncccc2N)C[C@@H]1CO. The van der Waals surface area contributed by atoms with Gasteiger partial charge in [-0.25, -0.2) is 4.98 Å². The summed E-state index contributed by atoms with van der Waals surface area (Å²) >= 11 is 0. The molecule has 2 rings (SSSR count). The molecule has 1 fully saturated rings. The van der Waals surface area contributed by atoms with Crippen molar-refractivity contribution in [3.8, 4) is 0 Å². The van der Waals surface area contributed by atoms with E-state index in [-0.39, 0.29) is 17.9 Å². The highest BCUT2D eigenvalue weighted by atomic mass is 16.3. The van der Waals surface area contributed by atoms with E-state index in [1.165, 1.54) is 0 Å². The van der Waals surface area contributed by atoms with Crippen molar-refractivity contribution in [1.29, 1.82) is 0 Å². The number of nitrogens with zero attached hydrogens (tertiary/aromatic N) is 2. The van der Waals surface area contributed by atoms with Crippen LogP contribution in [0.4, 0.5) is 11.5 Å². The van der Waals surface area contributed by atoms with Gasteiger partial charge in [0, 0.05) is 31.8 Å². The van der Waals surface area contributed by atoms with Gasteiger partial charge in [0.2, 0.25) is 0 Å². The maximum absolute atomic E-state index is 9.36. The number of rotatable bonds is 2. The number of anilines is 2. The third-order valence-electron chi connectivity index (χ3n) is 3.48. The minimum Gasteiger partial charge on any atom is -0.396 e. The summed E-state index contributed by atoms with van der Waals surface area (Å²) in [5, 5.41) is 9.36. The maximum atomic E-state index is 9.36. The molecule has 4 nitrogen and oxygen atoms in total. The summed E-state index contributed by atoms with van der Waals surface area (Å²) in [6.07, 6.45) is 1.75. The molecule has 0 radical (unpaired) electrons. The van der Waals surface area contributed by atoms with Gasteiger partial charge in [0.05, 0.1) is 5.69 Å². The van der Waals surface area contributed by atoms with E-state index in [1.54, 1.807) is 6.20 Å². The fourth-order valence-corrected chi connectivity index (χ4v) is 2.34. The molecule has 0 aromatic carbocycles. The second-order valence-electron chi connectivity index (χ2n) is 5.16. The number of aliphatic hydroxyl groups excluding tert-OH is 1. The zero-order valence-corrected chi connectivity index (χ0v) is 9.85. The van der Waals surface area contributed by atoms with E-state index in [9.17, 15) is 5.11 Å². The quantitative estimate of drug-likeness (QED) is 0.785. The van der Waals surface area contributed by atoms with Crippen molar-refractivity contribution in [2.75, 3.05) is 30.3 Å². The van der Waals surface area contributed by atoms with Crippen LogP contribution in [0.1, 0.15) is 13.8 Å². The first-order valence-corrected chi connectivity index (χ1v) is 5.61. The van der Waals surface area contributed by atoms with Crippen molar-refractivity contribution >= 4 is 11.5 Å². The minimum atomic E-state index is 0.110. The van der Waals surface area contributed by atoms with E-state index in [0.717, 1.165) is 18.9 Å². The summed E-state index contributed by atoms with van der Waals surface area (Å²) in [5.74, 6) is 1.13. The van der Waals surface area contributed by atoms with Crippen LogP contribution < -0.4 is 10.6 Å². The third kappa shape index (κ3) is 1.85. The fourth-order valence-electron chi connectivity index (χ4n) is 2.34. The Balaban J connectivity index is 2.23. The first-order chi connectivity index (χ1) is 7.54. The molecule has 1 aromatic heterocycles. The van der Waals surface area contributed by atoms with Gasteiger partial charge in [-0.05, 0) is 17.5 Å². The molecular formula is C12H19N3O.